The zero-order valence-corrected chi connectivity index (χ0v) is 12.2. The quantitative estimate of drug-likeness (QED) is 0.781. The van der Waals surface area contributed by atoms with E-state index in [2.05, 4.69) is 6.92 Å². The van der Waals surface area contributed by atoms with Crippen molar-refractivity contribution in [1.29, 1.82) is 0 Å². The van der Waals surface area contributed by atoms with Crippen molar-refractivity contribution in [3.63, 3.8) is 0 Å². The summed E-state index contributed by atoms with van der Waals surface area (Å²) in [5, 5.41) is 0. The molecule has 0 aromatic heterocycles. The molecule has 0 radical (unpaired) electrons. The molecule has 0 unspecified atom stereocenters. The van der Waals surface area contributed by atoms with Crippen molar-refractivity contribution in [2.24, 2.45) is 5.73 Å². The van der Waals surface area contributed by atoms with Crippen LogP contribution in [0.15, 0.2) is 23.1 Å². The van der Waals surface area contributed by atoms with E-state index in [4.69, 9.17) is 5.73 Å². The van der Waals surface area contributed by atoms with Crippen LogP contribution in [0.5, 0.6) is 0 Å². The van der Waals surface area contributed by atoms with Crippen LogP contribution in [0.4, 0.5) is 4.39 Å². The number of halogens is 1. The maximum Gasteiger partial charge on any atom is 0.242 e. The molecular weight excluding hydrogens is 267 g/mol. The van der Waals surface area contributed by atoms with Crippen molar-refractivity contribution >= 4 is 10.0 Å². The number of nitrogens with zero attached hydrogens (tertiary/aromatic N) is 1. The lowest BCUT2D eigenvalue weighted by Crippen LogP contribution is -2.28. The van der Waals surface area contributed by atoms with Gasteiger partial charge in [-0.15, -0.1) is 0 Å². The molecule has 2 N–H and O–H groups in total. The van der Waals surface area contributed by atoms with E-state index in [9.17, 15) is 12.8 Å². The molecule has 19 heavy (non-hydrogen) atoms. The Labute approximate surface area is 114 Å². The molecule has 0 spiro atoms. The van der Waals surface area contributed by atoms with Gasteiger partial charge in [-0.05, 0) is 24.6 Å². The molecule has 0 bridgehead atoms. The first kappa shape index (κ1) is 16.1. The molecule has 1 aromatic rings. The van der Waals surface area contributed by atoms with Gasteiger partial charge in [0.2, 0.25) is 10.0 Å². The largest absolute Gasteiger partial charge is 0.326 e. The minimum atomic E-state index is -3.56. The number of sulfonamides is 1. The Hall–Kier alpha value is -0.980. The molecule has 108 valence electrons. The molecule has 1 aromatic carbocycles. The minimum Gasteiger partial charge on any atom is -0.326 e. The van der Waals surface area contributed by atoms with Gasteiger partial charge in [0.15, 0.2) is 0 Å². The average Bonchev–Trinajstić information content (AvgIpc) is 2.39. The fourth-order valence-electron chi connectivity index (χ4n) is 1.75. The van der Waals surface area contributed by atoms with Gasteiger partial charge in [-0.25, -0.2) is 17.1 Å². The van der Waals surface area contributed by atoms with Gasteiger partial charge in [-0.1, -0.05) is 19.8 Å². The van der Waals surface area contributed by atoms with Crippen molar-refractivity contribution < 1.29 is 12.8 Å². The lowest BCUT2D eigenvalue weighted by molar-refractivity contribution is 0.454. The van der Waals surface area contributed by atoms with Gasteiger partial charge in [0, 0.05) is 25.7 Å². The summed E-state index contributed by atoms with van der Waals surface area (Å²) < 4.78 is 39.2. The predicted molar refractivity (Wildman–Crippen MR) is 73.6 cm³/mol. The van der Waals surface area contributed by atoms with Crippen LogP contribution in [0.25, 0.3) is 0 Å². The van der Waals surface area contributed by atoms with Crippen LogP contribution < -0.4 is 5.73 Å². The number of rotatable bonds is 7. The Balaban J connectivity index is 2.93. The SMILES string of the molecule is CCCCCN(C)S(=O)(=O)c1ccc(F)c(CN)c1. The third-order valence-corrected chi connectivity index (χ3v) is 4.87. The number of benzene rings is 1. The van der Waals surface area contributed by atoms with E-state index in [1.807, 2.05) is 0 Å². The highest BCUT2D eigenvalue weighted by atomic mass is 32.2. The minimum absolute atomic E-state index is 0.0191. The Morgan fingerprint density at radius 1 is 1.32 bits per heavy atom. The van der Waals surface area contributed by atoms with Crippen LogP contribution in [0.1, 0.15) is 31.7 Å². The second-order valence-electron chi connectivity index (χ2n) is 4.49. The van der Waals surface area contributed by atoms with Crippen LogP contribution in [0, 0.1) is 5.82 Å². The monoisotopic (exact) mass is 288 g/mol. The van der Waals surface area contributed by atoms with Crippen LogP contribution in [0.3, 0.4) is 0 Å². The predicted octanol–water partition coefficient (Wildman–Crippen LogP) is 2.10. The van der Waals surface area contributed by atoms with E-state index >= 15 is 0 Å². The third-order valence-electron chi connectivity index (χ3n) is 3.02. The van der Waals surface area contributed by atoms with E-state index in [0.717, 1.165) is 25.3 Å². The maximum atomic E-state index is 13.3. The van der Waals surface area contributed by atoms with Gasteiger partial charge in [0.05, 0.1) is 4.90 Å². The first-order valence-electron chi connectivity index (χ1n) is 6.38. The molecule has 1 rings (SSSR count). The van der Waals surface area contributed by atoms with E-state index in [0.29, 0.717) is 6.54 Å². The molecule has 0 amide bonds. The maximum absolute atomic E-state index is 13.3. The zero-order valence-electron chi connectivity index (χ0n) is 11.4. The lowest BCUT2D eigenvalue weighted by Gasteiger charge is -2.17. The van der Waals surface area contributed by atoms with Gasteiger partial charge in [-0.3, -0.25) is 0 Å². The molecule has 0 aliphatic rings. The molecule has 4 nitrogen and oxygen atoms in total. The highest BCUT2D eigenvalue weighted by Gasteiger charge is 2.21. The van der Waals surface area contributed by atoms with Gasteiger partial charge < -0.3 is 5.73 Å². The van der Waals surface area contributed by atoms with Gasteiger partial charge in [-0.2, -0.15) is 0 Å². The Bertz CT molecular complexity index is 517. The molecular formula is C13H21FN2O2S. The molecule has 0 aliphatic carbocycles. The summed E-state index contributed by atoms with van der Waals surface area (Å²) in [7, 11) is -2.02. The highest BCUT2D eigenvalue weighted by molar-refractivity contribution is 7.89. The lowest BCUT2D eigenvalue weighted by atomic mass is 10.2. The Kier molecular flexibility index (Phi) is 5.90. The number of hydrogen-bond acceptors (Lipinski definition) is 3. The number of nitrogens with two attached hydrogens (primary N) is 1. The molecule has 0 fully saturated rings. The van der Waals surface area contributed by atoms with E-state index in [-0.39, 0.29) is 17.0 Å². The standard InChI is InChI=1S/C13H21FN2O2S/c1-3-4-5-8-16(2)19(17,18)12-6-7-13(14)11(9-12)10-15/h6-7,9H,3-5,8,10,15H2,1-2H3. The second kappa shape index (κ2) is 6.98. The Morgan fingerprint density at radius 2 is 2.00 bits per heavy atom. The molecule has 6 heteroatoms. The average molecular weight is 288 g/mol. The molecule has 0 saturated carbocycles. The molecule has 0 aliphatic heterocycles. The number of unbranched alkanes of at least 4 members (excludes halogenated alkanes) is 2. The number of hydrogen-bond donors (Lipinski definition) is 1. The van der Waals surface area contributed by atoms with Crippen LogP contribution in [0.2, 0.25) is 0 Å². The van der Waals surface area contributed by atoms with Crippen molar-refractivity contribution in [2.75, 3.05) is 13.6 Å². The topological polar surface area (TPSA) is 63.4 Å². The molecule has 0 heterocycles. The summed E-state index contributed by atoms with van der Waals surface area (Å²) in [6.07, 6.45) is 2.83. The van der Waals surface area contributed by atoms with Crippen molar-refractivity contribution in [3.8, 4) is 0 Å². The highest BCUT2D eigenvalue weighted by Crippen LogP contribution is 2.18. The zero-order chi connectivity index (χ0) is 14.5. The summed E-state index contributed by atoms with van der Waals surface area (Å²) >= 11 is 0. The van der Waals surface area contributed by atoms with Crippen molar-refractivity contribution in [3.05, 3.63) is 29.6 Å². The van der Waals surface area contributed by atoms with Crippen LogP contribution >= 0.6 is 0 Å². The molecule has 0 saturated heterocycles. The van der Waals surface area contributed by atoms with E-state index < -0.39 is 15.8 Å². The summed E-state index contributed by atoms with van der Waals surface area (Å²) in [5.41, 5.74) is 5.60. The summed E-state index contributed by atoms with van der Waals surface area (Å²) in [6.45, 7) is 2.50. The molecule has 0 atom stereocenters. The van der Waals surface area contributed by atoms with Crippen LogP contribution in [-0.2, 0) is 16.6 Å². The normalized spacial score (nSPS) is 12.1. The van der Waals surface area contributed by atoms with Gasteiger partial charge in [0.25, 0.3) is 0 Å². The summed E-state index contributed by atoms with van der Waals surface area (Å²) in [5.74, 6) is -0.477. The van der Waals surface area contributed by atoms with Crippen LogP contribution in [-0.4, -0.2) is 26.3 Å². The fraction of sp³-hybridized carbons (Fsp3) is 0.538. The van der Waals surface area contributed by atoms with E-state index in [1.54, 1.807) is 0 Å². The fourth-order valence-corrected chi connectivity index (χ4v) is 3.01. The van der Waals surface area contributed by atoms with Crippen molar-refractivity contribution in [2.45, 2.75) is 37.6 Å². The summed E-state index contributed by atoms with van der Waals surface area (Å²) in [6, 6.07) is 3.73. The second-order valence-corrected chi connectivity index (χ2v) is 6.54. The first-order chi connectivity index (χ1) is 8.93. The Morgan fingerprint density at radius 3 is 2.58 bits per heavy atom. The summed E-state index contributed by atoms with van der Waals surface area (Å²) in [4.78, 5) is 0.0911. The van der Waals surface area contributed by atoms with Gasteiger partial charge in [0.1, 0.15) is 5.82 Å². The first-order valence-corrected chi connectivity index (χ1v) is 7.82. The van der Waals surface area contributed by atoms with Gasteiger partial charge >= 0.3 is 0 Å². The van der Waals surface area contributed by atoms with E-state index in [1.165, 1.54) is 23.5 Å². The van der Waals surface area contributed by atoms with Crippen molar-refractivity contribution in [1.82, 2.24) is 4.31 Å². The smallest absolute Gasteiger partial charge is 0.242 e. The third kappa shape index (κ3) is 3.99.